The number of benzene rings is 1. The molecule has 1 atom stereocenters. The molecular weight excluding hydrogens is 381 g/mol. The summed E-state index contributed by atoms with van der Waals surface area (Å²) in [6.45, 7) is 0. The highest BCUT2D eigenvalue weighted by molar-refractivity contribution is 7.89. The molecule has 0 amide bonds. The Kier molecular flexibility index (Phi) is 4.43. The summed E-state index contributed by atoms with van der Waals surface area (Å²) in [5.74, 6) is 0. The minimum absolute atomic E-state index is 0.193. The van der Waals surface area contributed by atoms with Crippen LogP contribution in [0.3, 0.4) is 0 Å². The highest BCUT2D eigenvalue weighted by Crippen LogP contribution is 2.34. The molecule has 6 nitrogen and oxygen atoms in total. The van der Waals surface area contributed by atoms with Crippen molar-refractivity contribution in [3.63, 3.8) is 0 Å². The molecule has 11 heteroatoms. The number of imidazole rings is 1. The van der Waals surface area contributed by atoms with Gasteiger partial charge in [-0.25, -0.2) is 17.9 Å². The molecule has 0 fully saturated rings. The Morgan fingerprint density at radius 3 is 2.48 bits per heavy atom. The van der Waals surface area contributed by atoms with Crippen LogP contribution in [0.4, 0.5) is 13.2 Å². The molecule has 3 aromatic rings. The summed E-state index contributed by atoms with van der Waals surface area (Å²) in [4.78, 5) is 3.82. The molecule has 2 aromatic heterocycles. The van der Waals surface area contributed by atoms with Gasteiger partial charge in [-0.15, -0.1) is 0 Å². The Morgan fingerprint density at radius 1 is 1.16 bits per heavy atom. The lowest BCUT2D eigenvalue weighted by molar-refractivity contribution is -0.153. The highest BCUT2D eigenvalue weighted by atomic mass is 35.5. The maximum Gasteiger partial charge on any atom is 0.408 e. The molecular formula is C14H10ClF3N4O2S. The first-order chi connectivity index (χ1) is 11.7. The fourth-order valence-electron chi connectivity index (χ4n) is 2.19. The lowest BCUT2D eigenvalue weighted by Gasteiger charge is -2.21. The number of alkyl halides is 3. The molecule has 3 rings (SSSR count). The Balaban J connectivity index is 2.02. The van der Waals surface area contributed by atoms with Crippen LogP contribution < -0.4 is 4.72 Å². The summed E-state index contributed by atoms with van der Waals surface area (Å²) >= 11 is 5.67. The van der Waals surface area contributed by atoms with Gasteiger partial charge in [0.2, 0.25) is 0 Å². The van der Waals surface area contributed by atoms with Gasteiger partial charge in [-0.2, -0.15) is 23.0 Å². The van der Waals surface area contributed by atoms with Gasteiger partial charge in [0.05, 0.1) is 6.20 Å². The van der Waals surface area contributed by atoms with E-state index in [2.05, 4.69) is 10.1 Å². The van der Waals surface area contributed by atoms with Crippen LogP contribution >= 0.6 is 11.6 Å². The van der Waals surface area contributed by atoms with Gasteiger partial charge < -0.3 is 0 Å². The van der Waals surface area contributed by atoms with Crippen LogP contribution in [-0.2, 0) is 10.0 Å². The van der Waals surface area contributed by atoms with Crippen molar-refractivity contribution in [2.75, 3.05) is 0 Å². The van der Waals surface area contributed by atoms with E-state index in [-0.39, 0.29) is 16.2 Å². The van der Waals surface area contributed by atoms with Crippen LogP contribution in [0.25, 0.3) is 5.65 Å². The predicted molar refractivity (Wildman–Crippen MR) is 83.6 cm³/mol. The number of halogens is 4. The topological polar surface area (TPSA) is 76.4 Å². The molecule has 0 saturated carbocycles. The SMILES string of the molecule is O=S(=O)(N[C@H](c1ccc(Cl)cc1)C(F)(F)F)c1cnc2cccnn12. The van der Waals surface area contributed by atoms with E-state index in [1.54, 1.807) is 4.72 Å². The van der Waals surface area contributed by atoms with E-state index in [1.165, 1.54) is 30.5 Å². The molecule has 0 unspecified atom stereocenters. The van der Waals surface area contributed by atoms with Crippen molar-refractivity contribution in [3.8, 4) is 0 Å². The maximum atomic E-state index is 13.4. The molecule has 1 N–H and O–H groups in total. The van der Waals surface area contributed by atoms with Crippen LogP contribution in [0.15, 0.2) is 53.8 Å². The van der Waals surface area contributed by atoms with Gasteiger partial charge in [0.25, 0.3) is 10.0 Å². The monoisotopic (exact) mass is 390 g/mol. The Bertz CT molecular complexity index is 1000. The van der Waals surface area contributed by atoms with E-state index in [0.29, 0.717) is 0 Å². The van der Waals surface area contributed by atoms with E-state index in [1.807, 2.05) is 0 Å². The second-order valence-electron chi connectivity index (χ2n) is 5.04. The Labute approximate surface area is 145 Å². The number of nitrogens with zero attached hydrogens (tertiary/aromatic N) is 3. The molecule has 132 valence electrons. The summed E-state index contributed by atoms with van der Waals surface area (Å²) < 4.78 is 67.7. The fraction of sp³-hybridized carbons (Fsp3) is 0.143. The largest absolute Gasteiger partial charge is 0.408 e. The summed E-state index contributed by atoms with van der Waals surface area (Å²) in [6, 6.07) is 5.28. The van der Waals surface area contributed by atoms with Crippen molar-refractivity contribution in [2.24, 2.45) is 0 Å². The Hall–Kier alpha value is -2.17. The summed E-state index contributed by atoms with van der Waals surface area (Å²) in [5.41, 5.74) is -0.0971. The molecule has 0 saturated heterocycles. The lowest BCUT2D eigenvalue weighted by atomic mass is 10.1. The summed E-state index contributed by atoms with van der Waals surface area (Å²) in [5, 5.41) is 3.54. The first kappa shape index (κ1) is 17.6. The third-order valence-corrected chi connectivity index (χ3v) is 4.95. The van der Waals surface area contributed by atoms with Crippen molar-refractivity contribution in [2.45, 2.75) is 17.2 Å². The normalized spacial score (nSPS) is 13.9. The minimum Gasteiger partial charge on any atom is -0.234 e. The third kappa shape index (κ3) is 3.60. The fourth-order valence-corrected chi connectivity index (χ4v) is 3.57. The van der Waals surface area contributed by atoms with Gasteiger partial charge in [-0.05, 0) is 29.8 Å². The first-order valence-corrected chi connectivity index (χ1v) is 8.68. The zero-order valence-corrected chi connectivity index (χ0v) is 13.8. The average Bonchev–Trinajstić information content (AvgIpc) is 2.97. The molecule has 2 heterocycles. The molecule has 0 aliphatic rings. The first-order valence-electron chi connectivity index (χ1n) is 6.82. The van der Waals surface area contributed by atoms with Crippen LogP contribution in [0, 0.1) is 0 Å². The van der Waals surface area contributed by atoms with Crippen molar-refractivity contribution in [3.05, 3.63) is 59.4 Å². The number of sulfonamides is 1. The van der Waals surface area contributed by atoms with Crippen molar-refractivity contribution in [1.82, 2.24) is 19.3 Å². The maximum absolute atomic E-state index is 13.4. The van der Waals surface area contributed by atoms with E-state index >= 15 is 0 Å². The van der Waals surface area contributed by atoms with E-state index in [4.69, 9.17) is 11.6 Å². The van der Waals surface area contributed by atoms with E-state index < -0.39 is 27.3 Å². The molecule has 0 spiro atoms. The zero-order chi connectivity index (χ0) is 18.2. The van der Waals surface area contributed by atoms with E-state index in [0.717, 1.165) is 22.8 Å². The van der Waals surface area contributed by atoms with Gasteiger partial charge in [0.15, 0.2) is 10.7 Å². The second-order valence-corrected chi connectivity index (χ2v) is 7.13. The Morgan fingerprint density at radius 2 is 1.84 bits per heavy atom. The van der Waals surface area contributed by atoms with Crippen molar-refractivity contribution in [1.29, 1.82) is 0 Å². The van der Waals surface area contributed by atoms with Gasteiger partial charge >= 0.3 is 6.18 Å². The smallest absolute Gasteiger partial charge is 0.234 e. The number of hydrogen-bond acceptors (Lipinski definition) is 4. The standard InChI is InChI=1S/C14H10ClF3N4O2S/c15-10-5-3-9(4-6-10)13(14(16,17)18)21-25(23,24)12-8-19-11-2-1-7-20-22(11)12/h1-8,13,21H/t13-/m1/s1. The highest BCUT2D eigenvalue weighted by Gasteiger charge is 2.44. The third-order valence-electron chi connectivity index (χ3n) is 3.33. The van der Waals surface area contributed by atoms with E-state index in [9.17, 15) is 21.6 Å². The zero-order valence-electron chi connectivity index (χ0n) is 12.3. The molecule has 0 aliphatic carbocycles. The molecule has 1 aromatic carbocycles. The minimum atomic E-state index is -4.85. The number of fused-ring (bicyclic) bond motifs is 1. The van der Waals surface area contributed by atoms with Crippen molar-refractivity contribution < 1.29 is 21.6 Å². The second kappa shape index (κ2) is 6.28. The summed E-state index contributed by atoms with van der Waals surface area (Å²) in [7, 11) is -4.55. The number of aromatic nitrogens is 3. The molecule has 25 heavy (non-hydrogen) atoms. The number of nitrogens with one attached hydrogen (secondary N) is 1. The number of rotatable bonds is 4. The van der Waals surface area contributed by atoms with Gasteiger partial charge in [0.1, 0.15) is 6.04 Å². The molecule has 0 radical (unpaired) electrons. The quantitative estimate of drug-likeness (QED) is 0.743. The van der Waals surface area contributed by atoms with Gasteiger partial charge in [-0.1, -0.05) is 23.7 Å². The van der Waals surface area contributed by atoms with Gasteiger partial charge in [-0.3, -0.25) is 0 Å². The molecule has 0 aliphatic heterocycles. The average molecular weight is 391 g/mol. The predicted octanol–water partition coefficient (Wildman–Crippen LogP) is 2.96. The van der Waals surface area contributed by atoms with Crippen LogP contribution in [0.5, 0.6) is 0 Å². The summed E-state index contributed by atoms with van der Waals surface area (Å²) in [6.07, 6.45) is -2.61. The van der Waals surface area contributed by atoms with Crippen LogP contribution in [0.2, 0.25) is 5.02 Å². The lowest BCUT2D eigenvalue weighted by Crippen LogP contribution is -2.38. The van der Waals surface area contributed by atoms with Gasteiger partial charge in [0, 0.05) is 11.2 Å². The number of hydrogen-bond donors (Lipinski definition) is 1. The van der Waals surface area contributed by atoms with Crippen LogP contribution in [-0.4, -0.2) is 29.2 Å². The van der Waals surface area contributed by atoms with Crippen molar-refractivity contribution >= 4 is 27.3 Å². The van der Waals surface area contributed by atoms with Crippen LogP contribution in [0.1, 0.15) is 11.6 Å². The molecule has 0 bridgehead atoms.